The number of aromatic nitrogens is 2. The second kappa shape index (κ2) is 5.24. The molecule has 94 valence electrons. The second-order valence-corrected chi connectivity index (χ2v) is 4.53. The first-order valence-electron chi connectivity index (χ1n) is 6.31. The summed E-state index contributed by atoms with van der Waals surface area (Å²) in [7, 11) is 2.04. The van der Waals surface area contributed by atoms with Crippen LogP contribution in [0.3, 0.4) is 0 Å². The standard InChI is InChI=1S/C15H19N3/c1-5-12(6-2)16-11(3)15-17-13-9-7-8-10-14(13)18(15)4/h1,7-12,16H,6H2,2-4H3. The monoisotopic (exact) mass is 241 g/mol. The quantitative estimate of drug-likeness (QED) is 0.834. The number of benzene rings is 1. The van der Waals surface area contributed by atoms with Gasteiger partial charge in [-0.3, -0.25) is 5.32 Å². The fourth-order valence-electron chi connectivity index (χ4n) is 2.21. The van der Waals surface area contributed by atoms with E-state index in [4.69, 9.17) is 6.42 Å². The van der Waals surface area contributed by atoms with Gasteiger partial charge in [-0.25, -0.2) is 4.98 Å². The van der Waals surface area contributed by atoms with E-state index in [1.165, 1.54) is 0 Å². The Labute approximate surface area is 108 Å². The molecule has 2 unspecified atom stereocenters. The van der Waals surface area contributed by atoms with Gasteiger partial charge in [0, 0.05) is 7.05 Å². The zero-order chi connectivity index (χ0) is 13.1. The SMILES string of the molecule is C#CC(CC)NC(C)c1nc2ccccc2n1C. The van der Waals surface area contributed by atoms with Crippen molar-refractivity contribution in [2.24, 2.45) is 7.05 Å². The van der Waals surface area contributed by atoms with E-state index in [1.807, 2.05) is 25.2 Å². The number of para-hydroxylation sites is 2. The molecule has 0 radical (unpaired) electrons. The normalized spacial score (nSPS) is 14.3. The van der Waals surface area contributed by atoms with Gasteiger partial charge >= 0.3 is 0 Å². The number of aryl methyl sites for hydroxylation is 1. The lowest BCUT2D eigenvalue weighted by Crippen LogP contribution is -2.31. The summed E-state index contributed by atoms with van der Waals surface area (Å²) < 4.78 is 2.12. The van der Waals surface area contributed by atoms with E-state index in [0.717, 1.165) is 23.3 Å². The van der Waals surface area contributed by atoms with Crippen LogP contribution >= 0.6 is 0 Å². The van der Waals surface area contributed by atoms with Crippen LogP contribution in [0, 0.1) is 12.3 Å². The first-order chi connectivity index (χ1) is 8.67. The van der Waals surface area contributed by atoms with E-state index in [1.54, 1.807) is 0 Å². The molecule has 0 aliphatic rings. The smallest absolute Gasteiger partial charge is 0.126 e. The topological polar surface area (TPSA) is 29.9 Å². The van der Waals surface area contributed by atoms with Gasteiger partial charge in [-0.1, -0.05) is 25.0 Å². The third-order valence-corrected chi connectivity index (χ3v) is 3.27. The average Bonchev–Trinajstić information content (AvgIpc) is 2.74. The summed E-state index contributed by atoms with van der Waals surface area (Å²) >= 11 is 0. The molecular formula is C15H19N3. The molecule has 18 heavy (non-hydrogen) atoms. The lowest BCUT2D eigenvalue weighted by atomic mass is 10.2. The maximum absolute atomic E-state index is 5.48. The van der Waals surface area contributed by atoms with Gasteiger partial charge in [0.2, 0.25) is 0 Å². The van der Waals surface area contributed by atoms with Crippen molar-refractivity contribution in [2.75, 3.05) is 0 Å². The summed E-state index contributed by atoms with van der Waals surface area (Å²) in [5, 5.41) is 3.41. The minimum Gasteiger partial charge on any atom is -0.330 e. The molecule has 1 aromatic heterocycles. The molecule has 1 N–H and O–H groups in total. The highest BCUT2D eigenvalue weighted by Gasteiger charge is 2.16. The van der Waals surface area contributed by atoms with Gasteiger partial charge < -0.3 is 4.57 Å². The molecule has 0 spiro atoms. The van der Waals surface area contributed by atoms with Gasteiger partial charge in [-0.2, -0.15) is 0 Å². The van der Waals surface area contributed by atoms with Crippen molar-refractivity contribution in [3.63, 3.8) is 0 Å². The van der Waals surface area contributed by atoms with E-state index >= 15 is 0 Å². The maximum Gasteiger partial charge on any atom is 0.126 e. The molecule has 0 amide bonds. The highest BCUT2D eigenvalue weighted by atomic mass is 15.1. The lowest BCUT2D eigenvalue weighted by Gasteiger charge is -2.17. The van der Waals surface area contributed by atoms with Crippen molar-refractivity contribution in [1.29, 1.82) is 0 Å². The Hall–Kier alpha value is -1.79. The van der Waals surface area contributed by atoms with Crippen molar-refractivity contribution in [2.45, 2.75) is 32.4 Å². The molecule has 2 aromatic rings. The van der Waals surface area contributed by atoms with E-state index < -0.39 is 0 Å². The van der Waals surface area contributed by atoms with Crippen LogP contribution < -0.4 is 5.32 Å². The van der Waals surface area contributed by atoms with Crippen LogP contribution in [0.1, 0.15) is 32.1 Å². The Morgan fingerprint density at radius 3 is 2.78 bits per heavy atom. The first kappa shape index (κ1) is 12.7. The average molecular weight is 241 g/mol. The van der Waals surface area contributed by atoms with Crippen molar-refractivity contribution >= 4 is 11.0 Å². The lowest BCUT2D eigenvalue weighted by molar-refractivity contribution is 0.484. The minimum atomic E-state index is 0.0970. The minimum absolute atomic E-state index is 0.0970. The van der Waals surface area contributed by atoms with Gasteiger partial charge in [0.1, 0.15) is 5.82 Å². The van der Waals surface area contributed by atoms with Crippen molar-refractivity contribution in [1.82, 2.24) is 14.9 Å². The molecule has 1 aromatic carbocycles. The zero-order valence-corrected chi connectivity index (χ0v) is 11.1. The molecule has 3 nitrogen and oxygen atoms in total. The molecule has 0 saturated heterocycles. The molecule has 1 heterocycles. The number of terminal acetylenes is 1. The summed E-state index contributed by atoms with van der Waals surface area (Å²) in [5.41, 5.74) is 2.17. The van der Waals surface area contributed by atoms with Gasteiger partial charge in [0.15, 0.2) is 0 Å². The van der Waals surface area contributed by atoms with Crippen molar-refractivity contribution in [3.05, 3.63) is 30.1 Å². The van der Waals surface area contributed by atoms with Crippen LogP contribution in [-0.4, -0.2) is 15.6 Å². The Balaban J connectivity index is 2.31. The van der Waals surface area contributed by atoms with Gasteiger partial charge in [-0.15, -0.1) is 6.42 Å². The molecule has 0 aliphatic heterocycles. The van der Waals surface area contributed by atoms with Crippen LogP contribution in [-0.2, 0) is 7.05 Å². The Kier molecular flexibility index (Phi) is 3.69. The number of hydrogen-bond acceptors (Lipinski definition) is 2. The Morgan fingerprint density at radius 1 is 1.44 bits per heavy atom. The Bertz CT molecular complexity index is 577. The maximum atomic E-state index is 5.48. The molecule has 0 fully saturated rings. The third kappa shape index (κ3) is 2.25. The summed E-state index contributed by atoms with van der Waals surface area (Å²) in [6.45, 7) is 4.18. The fraction of sp³-hybridized carbons (Fsp3) is 0.400. The Morgan fingerprint density at radius 2 is 2.17 bits per heavy atom. The molecule has 0 bridgehead atoms. The zero-order valence-electron chi connectivity index (χ0n) is 11.1. The molecular weight excluding hydrogens is 222 g/mol. The van der Waals surface area contributed by atoms with Crippen LogP contribution in [0.4, 0.5) is 0 Å². The first-order valence-corrected chi connectivity index (χ1v) is 6.31. The number of fused-ring (bicyclic) bond motifs is 1. The number of rotatable bonds is 4. The highest BCUT2D eigenvalue weighted by Crippen LogP contribution is 2.19. The summed E-state index contributed by atoms with van der Waals surface area (Å²) in [4.78, 5) is 4.67. The fourth-order valence-corrected chi connectivity index (χ4v) is 2.21. The predicted molar refractivity (Wildman–Crippen MR) is 75.2 cm³/mol. The van der Waals surface area contributed by atoms with E-state index in [9.17, 15) is 0 Å². The van der Waals surface area contributed by atoms with E-state index in [2.05, 4.69) is 40.7 Å². The van der Waals surface area contributed by atoms with Gasteiger partial charge in [0.05, 0.1) is 23.1 Å². The van der Waals surface area contributed by atoms with Crippen molar-refractivity contribution in [3.8, 4) is 12.3 Å². The summed E-state index contributed by atoms with van der Waals surface area (Å²) in [6, 6.07) is 8.39. The number of nitrogens with one attached hydrogen (secondary N) is 1. The number of hydrogen-bond donors (Lipinski definition) is 1. The van der Waals surface area contributed by atoms with E-state index in [-0.39, 0.29) is 12.1 Å². The van der Waals surface area contributed by atoms with Crippen LogP contribution in [0.25, 0.3) is 11.0 Å². The highest BCUT2D eigenvalue weighted by molar-refractivity contribution is 5.75. The molecule has 0 saturated carbocycles. The summed E-state index contributed by atoms with van der Waals surface area (Å²) in [6.07, 6.45) is 6.40. The van der Waals surface area contributed by atoms with Gasteiger partial charge in [0.25, 0.3) is 0 Å². The van der Waals surface area contributed by atoms with Crippen LogP contribution in [0.5, 0.6) is 0 Å². The summed E-state index contributed by atoms with van der Waals surface area (Å²) in [5.74, 6) is 3.78. The van der Waals surface area contributed by atoms with Crippen molar-refractivity contribution < 1.29 is 0 Å². The van der Waals surface area contributed by atoms with E-state index in [0.29, 0.717) is 0 Å². The largest absolute Gasteiger partial charge is 0.330 e. The third-order valence-electron chi connectivity index (χ3n) is 3.27. The molecule has 0 aliphatic carbocycles. The van der Waals surface area contributed by atoms with Gasteiger partial charge in [-0.05, 0) is 25.5 Å². The van der Waals surface area contributed by atoms with Crippen LogP contribution in [0.15, 0.2) is 24.3 Å². The number of nitrogens with zero attached hydrogens (tertiary/aromatic N) is 2. The molecule has 2 atom stereocenters. The van der Waals surface area contributed by atoms with Crippen LogP contribution in [0.2, 0.25) is 0 Å². The number of imidazole rings is 1. The molecule has 3 heteroatoms. The second-order valence-electron chi connectivity index (χ2n) is 4.53. The predicted octanol–water partition coefficient (Wildman–Crippen LogP) is 2.64. The molecule has 2 rings (SSSR count).